The molecule has 2 N–H and O–H groups in total. The zero-order chi connectivity index (χ0) is 23.4. The minimum Gasteiger partial charge on any atom is -0.494 e. The molecule has 0 spiro atoms. The molecule has 2 aromatic carbocycles. The van der Waals surface area contributed by atoms with E-state index >= 15 is 0 Å². The molecule has 0 unspecified atom stereocenters. The van der Waals surface area contributed by atoms with Gasteiger partial charge in [-0.05, 0) is 50.8 Å². The van der Waals surface area contributed by atoms with E-state index in [-0.39, 0.29) is 11.8 Å². The number of nitrogens with zero attached hydrogens (tertiary/aromatic N) is 3. The van der Waals surface area contributed by atoms with Gasteiger partial charge in [-0.15, -0.1) is 0 Å². The first-order chi connectivity index (χ1) is 15.3. The minimum absolute atomic E-state index is 0.00795. The fraction of sp³-hybridized carbons (Fsp3) is 0.333. The monoisotopic (exact) mass is 438 g/mol. The Morgan fingerprint density at radius 1 is 1.06 bits per heavy atom. The van der Waals surface area contributed by atoms with Crippen LogP contribution >= 0.6 is 0 Å². The third-order valence-corrected chi connectivity index (χ3v) is 5.23. The molecule has 0 saturated heterocycles. The highest BCUT2D eigenvalue weighted by Crippen LogP contribution is 2.37. The summed E-state index contributed by atoms with van der Waals surface area (Å²) in [5.74, 6) is 1.20. The van der Waals surface area contributed by atoms with Crippen LogP contribution in [0.1, 0.15) is 18.9 Å². The molecular weight excluding hydrogens is 408 g/mol. The summed E-state index contributed by atoms with van der Waals surface area (Å²) in [4.78, 5) is 23.5. The van der Waals surface area contributed by atoms with Crippen molar-refractivity contribution >= 4 is 33.9 Å². The van der Waals surface area contributed by atoms with Crippen LogP contribution in [0.25, 0.3) is 10.9 Å². The Balaban J connectivity index is 1.96. The number of carbonyl (C=O) groups excluding carboxylic acids is 1. The number of ether oxygens (including phenoxy) is 2. The van der Waals surface area contributed by atoms with Crippen molar-refractivity contribution in [2.45, 2.75) is 13.3 Å². The second kappa shape index (κ2) is 9.74. The number of hydrogen-bond acceptors (Lipinski definition) is 6. The number of H-pyrrole nitrogens is 1. The molecular formula is C24H30N4O4. The molecule has 0 aliphatic rings. The molecule has 0 bridgehead atoms. The number of aromatic amines is 1. The lowest BCUT2D eigenvalue weighted by atomic mass is 10.1. The summed E-state index contributed by atoms with van der Waals surface area (Å²) in [5.41, 5.74) is 3.61. The molecule has 170 valence electrons. The van der Waals surface area contributed by atoms with Gasteiger partial charge in [0, 0.05) is 24.2 Å². The van der Waals surface area contributed by atoms with Crippen molar-refractivity contribution in [3.8, 4) is 17.4 Å². The number of anilines is 1. The van der Waals surface area contributed by atoms with E-state index in [4.69, 9.17) is 14.5 Å². The average molecular weight is 439 g/mol. The first kappa shape index (κ1) is 23.1. The van der Waals surface area contributed by atoms with E-state index in [1.165, 1.54) is 0 Å². The third-order valence-electron chi connectivity index (χ3n) is 5.23. The molecule has 1 heterocycles. The number of fused-ring (bicyclic) bond motifs is 1. The number of carbonyl (C=O) groups is 1. The van der Waals surface area contributed by atoms with Crippen LogP contribution in [0.4, 0.5) is 11.4 Å². The molecule has 8 nitrogen and oxygen atoms in total. The fourth-order valence-electron chi connectivity index (χ4n) is 3.54. The van der Waals surface area contributed by atoms with Crippen LogP contribution in [0.3, 0.4) is 0 Å². The summed E-state index contributed by atoms with van der Waals surface area (Å²) in [5, 5.41) is 11.4. The van der Waals surface area contributed by atoms with E-state index in [0.717, 1.165) is 28.0 Å². The van der Waals surface area contributed by atoms with Gasteiger partial charge in [-0.25, -0.2) is 0 Å². The van der Waals surface area contributed by atoms with Crippen molar-refractivity contribution in [3.63, 3.8) is 0 Å². The number of benzene rings is 2. The smallest absolute Gasteiger partial charge is 0.240 e. The molecule has 3 aromatic rings. The summed E-state index contributed by atoms with van der Waals surface area (Å²) in [6.07, 6.45) is 0.609. The molecule has 8 heteroatoms. The number of likely N-dealkylation sites (N-methyl/N-ethyl adjacent to an activating group) is 2. The van der Waals surface area contributed by atoms with E-state index in [1.807, 2.05) is 56.3 Å². The van der Waals surface area contributed by atoms with Gasteiger partial charge in [0.05, 0.1) is 43.2 Å². The maximum Gasteiger partial charge on any atom is 0.240 e. The number of nitrogens with one attached hydrogen (secondary N) is 1. The first-order valence-corrected chi connectivity index (χ1v) is 10.3. The van der Waals surface area contributed by atoms with Crippen molar-refractivity contribution in [1.82, 2.24) is 9.88 Å². The number of hydrogen-bond donors (Lipinski definition) is 2. The number of methoxy groups -OCH3 is 2. The van der Waals surface area contributed by atoms with Crippen LogP contribution < -0.4 is 14.4 Å². The average Bonchev–Trinajstić information content (AvgIpc) is 3.10. The molecule has 0 aliphatic heterocycles. The lowest BCUT2D eigenvalue weighted by Crippen LogP contribution is -2.34. The van der Waals surface area contributed by atoms with Crippen LogP contribution in [0.5, 0.6) is 17.4 Å². The predicted molar refractivity (Wildman–Crippen MR) is 128 cm³/mol. The third kappa shape index (κ3) is 4.70. The molecule has 3 rings (SSSR count). The Hall–Kier alpha value is -3.52. The highest BCUT2D eigenvalue weighted by Gasteiger charge is 2.19. The van der Waals surface area contributed by atoms with E-state index in [1.54, 1.807) is 32.2 Å². The van der Waals surface area contributed by atoms with Gasteiger partial charge in [0.25, 0.3) is 0 Å². The Labute approximate surface area is 188 Å². The molecule has 32 heavy (non-hydrogen) atoms. The van der Waals surface area contributed by atoms with Crippen LogP contribution in [0.2, 0.25) is 0 Å². The van der Waals surface area contributed by atoms with Gasteiger partial charge in [0.15, 0.2) is 17.4 Å². The van der Waals surface area contributed by atoms with Gasteiger partial charge in [-0.1, -0.05) is 6.92 Å². The maximum absolute atomic E-state index is 12.3. The number of rotatable bonds is 8. The van der Waals surface area contributed by atoms with Crippen LogP contribution in [0.15, 0.2) is 41.4 Å². The largest absolute Gasteiger partial charge is 0.494 e. The first-order valence-electron chi connectivity index (χ1n) is 10.3. The van der Waals surface area contributed by atoms with Gasteiger partial charge in [0.1, 0.15) is 0 Å². The summed E-state index contributed by atoms with van der Waals surface area (Å²) < 4.78 is 10.8. The fourth-order valence-corrected chi connectivity index (χ4v) is 3.54. The van der Waals surface area contributed by atoms with Crippen molar-refractivity contribution in [2.24, 2.45) is 4.99 Å². The van der Waals surface area contributed by atoms with E-state index in [0.29, 0.717) is 30.0 Å². The van der Waals surface area contributed by atoms with Crippen molar-refractivity contribution in [1.29, 1.82) is 0 Å². The summed E-state index contributed by atoms with van der Waals surface area (Å²) in [6, 6.07) is 11.1. The SMILES string of the molecule is CCC(=Nc1ccc(N(C)C(=O)CN(C)C)cc1)c1c(O)[nH]c2cc(OC)c(OC)cc12. The normalized spacial score (nSPS) is 11.8. The van der Waals surface area contributed by atoms with Gasteiger partial charge in [-0.2, -0.15) is 0 Å². The molecule has 0 fully saturated rings. The number of aromatic hydroxyl groups is 1. The molecule has 0 aliphatic carbocycles. The topological polar surface area (TPSA) is 90.4 Å². The number of aromatic nitrogens is 1. The second-order valence-corrected chi connectivity index (χ2v) is 7.72. The molecule has 0 saturated carbocycles. The second-order valence-electron chi connectivity index (χ2n) is 7.72. The lowest BCUT2D eigenvalue weighted by Gasteiger charge is -2.19. The Bertz CT molecular complexity index is 1130. The van der Waals surface area contributed by atoms with Crippen molar-refractivity contribution in [2.75, 3.05) is 46.8 Å². The summed E-state index contributed by atoms with van der Waals surface area (Å²) >= 11 is 0. The van der Waals surface area contributed by atoms with Gasteiger partial charge in [0.2, 0.25) is 5.91 Å². The van der Waals surface area contributed by atoms with E-state index in [2.05, 4.69) is 4.98 Å². The van der Waals surface area contributed by atoms with E-state index < -0.39 is 0 Å². The van der Waals surface area contributed by atoms with Crippen LogP contribution in [0, 0.1) is 0 Å². The minimum atomic E-state index is 0.00795. The number of amides is 1. The maximum atomic E-state index is 12.3. The van der Waals surface area contributed by atoms with Gasteiger partial charge >= 0.3 is 0 Å². The van der Waals surface area contributed by atoms with E-state index in [9.17, 15) is 9.90 Å². The lowest BCUT2D eigenvalue weighted by molar-refractivity contribution is -0.118. The number of aliphatic imine (C=N–C) groups is 1. The van der Waals surface area contributed by atoms with Crippen LogP contribution in [-0.2, 0) is 4.79 Å². The Kier molecular flexibility index (Phi) is 7.05. The summed E-state index contributed by atoms with van der Waals surface area (Å²) in [6.45, 7) is 2.32. The molecule has 0 radical (unpaired) electrons. The van der Waals surface area contributed by atoms with Gasteiger partial charge in [-0.3, -0.25) is 9.79 Å². The predicted octanol–water partition coefficient (Wildman–Crippen LogP) is 3.95. The van der Waals surface area contributed by atoms with Crippen molar-refractivity contribution < 1.29 is 19.4 Å². The highest BCUT2D eigenvalue weighted by molar-refractivity contribution is 6.14. The molecule has 1 amide bonds. The van der Waals surface area contributed by atoms with Crippen LogP contribution in [-0.4, -0.2) is 68.5 Å². The highest BCUT2D eigenvalue weighted by atomic mass is 16.5. The Morgan fingerprint density at radius 2 is 1.69 bits per heavy atom. The summed E-state index contributed by atoms with van der Waals surface area (Å²) in [7, 11) is 8.63. The standard InChI is InChI=1S/C24H30N4O4/c1-7-18(23-17-12-20(31-5)21(32-6)13-19(17)26-24(23)30)25-15-8-10-16(11-9-15)28(4)22(29)14-27(2)3/h8-13,26,30H,7,14H2,1-6H3. The zero-order valence-electron chi connectivity index (χ0n) is 19.4. The van der Waals surface area contributed by atoms with Gasteiger partial charge < -0.3 is 29.4 Å². The molecule has 1 aromatic heterocycles. The Morgan fingerprint density at radius 3 is 2.25 bits per heavy atom. The quantitative estimate of drug-likeness (QED) is 0.520. The van der Waals surface area contributed by atoms with Crippen molar-refractivity contribution in [3.05, 3.63) is 42.0 Å². The zero-order valence-corrected chi connectivity index (χ0v) is 19.4. The molecule has 0 atom stereocenters.